The zero-order valence-corrected chi connectivity index (χ0v) is 6.74. The minimum Gasteiger partial charge on any atom is -0.492 e. The number of hydrogen-bond donors (Lipinski definition) is 2. The maximum absolute atomic E-state index is 9.09. The van der Waals surface area contributed by atoms with Crippen LogP contribution in [-0.2, 0) is 0 Å². The average molecular weight is 175 g/mol. The average Bonchev–Trinajstić information content (AvgIpc) is 2.04. The van der Waals surface area contributed by atoms with Gasteiger partial charge in [-0.3, -0.25) is 0 Å². The first-order valence-electron chi connectivity index (χ1n) is 3.34. The molecule has 0 fully saturated rings. The normalized spacial score (nSPS) is 8.85. The van der Waals surface area contributed by atoms with E-state index >= 15 is 0 Å². The Morgan fingerprint density at radius 2 is 1.46 bits per heavy atom. The summed E-state index contributed by atoms with van der Waals surface area (Å²) >= 11 is 0. The minimum absolute atomic E-state index is 0.0886. The van der Waals surface area contributed by atoms with Crippen LogP contribution in [0.2, 0.25) is 0 Å². The number of aromatic hydroxyl groups is 2. The Balaban J connectivity index is 3.63. The standard InChI is InChI=1S/C8H5N3O2/c1-4-5(2-9)7(12)11-8(13)6(4)3-10/h1H3,(H2,11,12,13). The predicted octanol–water partition coefficient (Wildman–Crippen LogP) is 0.545. The molecule has 0 unspecified atom stereocenters. The number of pyridine rings is 1. The van der Waals surface area contributed by atoms with Crippen LogP contribution in [0.1, 0.15) is 16.7 Å². The lowest BCUT2D eigenvalue weighted by atomic mass is 10.1. The summed E-state index contributed by atoms with van der Waals surface area (Å²) in [7, 11) is 0. The molecule has 0 aliphatic heterocycles. The van der Waals surface area contributed by atoms with Crippen molar-refractivity contribution in [1.29, 1.82) is 10.5 Å². The van der Waals surface area contributed by atoms with E-state index in [1.807, 2.05) is 0 Å². The Bertz CT molecular complexity index is 402. The zero-order valence-electron chi connectivity index (χ0n) is 6.74. The maximum atomic E-state index is 9.09. The van der Waals surface area contributed by atoms with Crippen molar-refractivity contribution in [3.63, 3.8) is 0 Å². The molecule has 0 atom stereocenters. The van der Waals surface area contributed by atoms with Gasteiger partial charge in [0.25, 0.3) is 0 Å². The third kappa shape index (κ3) is 1.23. The number of hydrogen-bond acceptors (Lipinski definition) is 5. The molecular formula is C8H5N3O2. The van der Waals surface area contributed by atoms with Crippen molar-refractivity contribution in [1.82, 2.24) is 4.98 Å². The van der Waals surface area contributed by atoms with Crippen LogP contribution >= 0.6 is 0 Å². The van der Waals surface area contributed by atoms with E-state index in [0.29, 0.717) is 0 Å². The third-order valence-electron chi connectivity index (χ3n) is 1.63. The molecule has 1 heterocycles. The molecule has 0 spiro atoms. The first-order valence-corrected chi connectivity index (χ1v) is 3.34. The highest BCUT2D eigenvalue weighted by atomic mass is 16.3. The monoisotopic (exact) mass is 175 g/mol. The lowest BCUT2D eigenvalue weighted by Crippen LogP contribution is -1.93. The number of nitriles is 2. The molecule has 0 bridgehead atoms. The largest absolute Gasteiger partial charge is 0.492 e. The Kier molecular flexibility index (Phi) is 2.03. The molecule has 0 aliphatic rings. The fourth-order valence-corrected chi connectivity index (χ4v) is 0.940. The summed E-state index contributed by atoms with van der Waals surface area (Å²) in [6.45, 7) is 1.46. The van der Waals surface area contributed by atoms with Crippen molar-refractivity contribution in [2.45, 2.75) is 6.92 Å². The van der Waals surface area contributed by atoms with Crippen LogP contribution in [0.5, 0.6) is 11.8 Å². The molecule has 0 radical (unpaired) electrons. The van der Waals surface area contributed by atoms with Crippen LogP contribution in [0.3, 0.4) is 0 Å². The quantitative estimate of drug-likeness (QED) is 0.599. The molecular weight excluding hydrogens is 170 g/mol. The molecule has 0 amide bonds. The number of aromatic nitrogens is 1. The van der Waals surface area contributed by atoms with Gasteiger partial charge in [0.1, 0.15) is 23.3 Å². The van der Waals surface area contributed by atoms with Crippen LogP contribution in [0, 0.1) is 29.6 Å². The van der Waals surface area contributed by atoms with E-state index in [4.69, 9.17) is 20.7 Å². The first kappa shape index (κ1) is 8.82. The summed E-state index contributed by atoms with van der Waals surface area (Å²) in [6, 6.07) is 3.38. The fourth-order valence-electron chi connectivity index (χ4n) is 0.940. The van der Waals surface area contributed by atoms with Gasteiger partial charge < -0.3 is 10.2 Å². The molecule has 0 saturated heterocycles. The molecule has 1 aromatic rings. The van der Waals surface area contributed by atoms with E-state index in [-0.39, 0.29) is 16.7 Å². The Hall–Kier alpha value is -2.27. The van der Waals surface area contributed by atoms with Gasteiger partial charge in [0.2, 0.25) is 11.8 Å². The highest BCUT2D eigenvalue weighted by Crippen LogP contribution is 2.26. The number of rotatable bonds is 0. The van der Waals surface area contributed by atoms with Gasteiger partial charge in [0.05, 0.1) is 0 Å². The molecule has 0 aliphatic carbocycles. The van der Waals surface area contributed by atoms with Gasteiger partial charge in [-0.1, -0.05) is 0 Å². The van der Waals surface area contributed by atoms with Gasteiger partial charge in [-0.05, 0) is 12.5 Å². The minimum atomic E-state index is -0.559. The lowest BCUT2D eigenvalue weighted by molar-refractivity contribution is 0.410. The van der Waals surface area contributed by atoms with Gasteiger partial charge in [-0.15, -0.1) is 0 Å². The third-order valence-corrected chi connectivity index (χ3v) is 1.63. The second-order valence-electron chi connectivity index (χ2n) is 2.36. The topological polar surface area (TPSA) is 101 Å². The summed E-state index contributed by atoms with van der Waals surface area (Å²) in [5.74, 6) is -1.12. The van der Waals surface area contributed by atoms with E-state index in [9.17, 15) is 0 Å². The van der Waals surface area contributed by atoms with Gasteiger partial charge >= 0.3 is 0 Å². The first-order chi connectivity index (χ1) is 6.11. The van der Waals surface area contributed by atoms with Crippen molar-refractivity contribution >= 4 is 0 Å². The summed E-state index contributed by atoms with van der Waals surface area (Å²) in [6.07, 6.45) is 0. The smallest absolute Gasteiger partial charge is 0.232 e. The highest BCUT2D eigenvalue weighted by Gasteiger charge is 2.15. The van der Waals surface area contributed by atoms with Crippen LogP contribution in [-0.4, -0.2) is 15.2 Å². The Morgan fingerprint density at radius 1 is 1.08 bits per heavy atom. The van der Waals surface area contributed by atoms with Crippen LogP contribution in [0.4, 0.5) is 0 Å². The van der Waals surface area contributed by atoms with Gasteiger partial charge in [0.15, 0.2) is 0 Å². The lowest BCUT2D eigenvalue weighted by Gasteiger charge is -2.02. The van der Waals surface area contributed by atoms with Crippen molar-refractivity contribution in [2.75, 3.05) is 0 Å². The Labute approximate surface area is 74.1 Å². The van der Waals surface area contributed by atoms with Gasteiger partial charge in [-0.2, -0.15) is 15.5 Å². The summed E-state index contributed by atoms with van der Waals surface area (Å²) < 4.78 is 0. The molecule has 1 rings (SSSR count). The van der Waals surface area contributed by atoms with Gasteiger partial charge in [0, 0.05) is 0 Å². The van der Waals surface area contributed by atoms with Crippen LogP contribution in [0.25, 0.3) is 0 Å². The van der Waals surface area contributed by atoms with Crippen LogP contribution < -0.4 is 0 Å². The summed E-state index contributed by atoms with van der Waals surface area (Å²) in [5, 5.41) is 35.3. The van der Waals surface area contributed by atoms with E-state index in [1.54, 1.807) is 12.1 Å². The molecule has 5 heteroatoms. The maximum Gasteiger partial charge on any atom is 0.232 e. The number of nitrogens with zero attached hydrogens (tertiary/aromatic N) is 3. The van der Waals surface area contributed by atoms with E-state index in [0.717, 1.165) is 0 Å². The van der Waals surface area contributed by atoms with E-state index in [2.05, 4.69) is 4.98 Å². The van der Waals surface area contributed by atoms with Gasteiger partial charge in [-0.25, -0.2) is 0 Å². The highest BCUT2D eigenvalue weighted by molar-refractivity contribution is 5.55. The molecule has 13 heavy (non-hydrogen) atoms. The molecule has 0 saturated carbocycles. The van der Waals surface area contributed by atoms with Crippen molar-refractivity contribution in [2.24, 2.45) is 0 Å². The van der Waals surface area contributed by atoms with Crippen molar-refractivity contribution in [3.05, 3.63) is 16.7 Å². The second-order valence-corrected chi connectivity index (χ2v) is 2.36. The fraction of sp³-hybridized carbons (Fsp3) is 0.125. The van der Waals surface area contributed by atoms with Crippen molar-refractivity contribution < 1.29 is 10.2 Å². The SMILES string of the molecule is Cc1c(C#N)c(O)nc(O)c1C#N. The second kappa shape index (κ2) is 3.00. The Morgan fingerprint density at radius 3 is 1.77 bits per heavy atom. The van der Waals surface area contributed by atoms with Crippen molar-refractivity contribution in [3.8, 4) is 23.9 Å². The molecule has 2 N–H and O–H groups in total. The molecule has 5 nitrogen and oxygen atoms in total. The molecule has 64 valence electrons. The summed E-state index contributed by atoms with van der Waals surface area (Å²) in [4.78, 5) is 3.24. The predicted molar refractivity (Wildman–Crippen MR) is 41.7 cm³/mol. The summed E-state index contributed by atoms with van der Waals surface area (Å²) in [5.41, 5.74) is 0.0544. The van der Waals surface area contributed by atoms with E-state index in [1.165, 1.54) is 6.92 Å². The molecule has 0 aromatic carbocycles. The molecule has 1 aromatic heterocycles. The van der Waals surface area contributed by atoms with E-state index < -0.39 is 11.8 Å². The van der Waals surface area contributed by atoms with Crippen LogP contribution in [0.15, 0.2) is 0 Å². The zero-order chi connectivity index (χ0) is 10.0.